The fourth-order valence-corrected chi connectivity index (χ4v) is 5.81. The predicted molar refractivity (Wildman–Crippen MR) is 111 cm³/mol. The maximum Gasteiger partial charge on any atom is 0.275 e. The van der Waals surface area contributed by atoms with Crippen LogP contribution < -0.4 is 15.4 Å². The van der Waals surface area contributed by atoms with Crippen molar-refractivity contribution in [2.24, 2.45) is 0 Å². The van der Waals surface area contributed by atoms with E-state index in [4.69, 9.17) is 0 Å². The van der Waals surface area contributed by atoms with Crippen LogP contribution >= 0.6 is 0 Å². The second-order valence-corrected chi connectivity index (χ2v) is 10.0. The normalized spacial score (nSPS) is 21.2. The molecule has 5 rings (SSSR count). The molecule has 1 atom stereocenters. The second-order valence-electron chi connectivity index (χ2n) is 8.32. The zero-order valence-corrected chi connectivity index (χ0v) is 17.4. The van der Waals surface area contributed by atoms with E-state index in [0.717, 1.165) is 57.2 Å². The van der Waals surface area contributed by atoms with Gasteiger partial charge in [-0.3, -0.25) is 0 Å². The van der Waals surface area contributed by atoms with Gasteiger partial charge in [0.1, 0.15) is 0 Å². The summed E-state index contributed by atoms with van der Waals surface area (Å²) >= 11 is 0. The topological polar surface area (TPSA) is 112 Å². The molecule has 0 saturated carbocycles. The van der Waals surface area contributed by atoms with E-state index in [1.54, 1.807) is 0 Å². The zero-order valence-electron chi connectivity index (χ0n) is 16.6. The number of aromatic amines is 1. The molecule has 1 unspecified atom stereocenters. The van der Waals surface area contributed by atoms with Crippen molar-refractivity contribution in [1.82, 2.24) is 25.2 Å². The Balaban J connectivity index is 1.33. The molecule has 1 aromatic heterocycles. The summed E-state index contributed by atoms with van der Waals surface area (Å²) in [4.78, 5) is 4.24. The van der Waals surface area contributed by atoms with Gasteiger partial charge in [0.15, 0.2) is 0 Å². The lowest BCUT2D eigenvalue weighted by molar-refractivity contribution is 0.398. The standard InChI is InChI=1S/C20H28N6O2S/c27-29(28,22-12-15-7-1-2-10-21-15)20-24-19(25-26-20)23-18-16-8-3-5-13(16)11-14-6-4-9-17(14)18/h11,15,21-22H,1-10,12H2,(H2,23,24,25,26). The molecule has 0 spiro atoms. The van der Waals surface area contributed by atoms with Crippen LogP contribution in [0.15, 0.2) is 11.2 Å². The van der Waals surface area contributed by atoms with Crippen LogP contribution in [0.5, 0.6) is 0 Å². The first kappa shape index (κ1) is 19.0. The van der Waals surface area contributed by atoms with Gasteiger partial charge in [-0.1, -0.05) is 12.5 Å². The van der Waals surface area contributed by atoms with Crippen LogP contribution in [0, 0.1) is 0 Å². The molecule has 0 bridgehead atoms. The van der Waals surface area contributed by atoms with Crippen LogP contribution in [0.4, 0.5) is 11.6 Å². The Hall–Kier alpha value is -1.97. The van der Waals surface area contributed by atoms with Crippen LogP contribution in [0.1, 0.15) is 54.4 Å². The number of benzene rings is 1. The van der Waals surface area contributed by atoms with Crippen molar-refractivity contribution in [2.45, 2.75) is 69.0 Å². The van der Waals surface area contributed by atoms with Gasteiger partial charge in [-0.2, -0.15) is 4.98 Å². The number of aryl methyl sites for hydroxylation is 2. The highest BCUT2D eigenvalue weighted by Gasteiger charge is 2.26. The molecule has 29 heavy (non-hydrogen) atoms. The minimum atomic E-state index is -3.71. The molecule has 8 nitrogen and oxygen atoms in total. The van der Waals surface area contributed by atoms with Gasteiger partial charge in [0, 0.05) is 18.3 Å². The number of sulfonamides is 1. The van der Waals surface area contributed by atoms with Gasteiger partial charge in [-0.05, 0) is 80.2 Å². The number of H-pyrrole nitrogens is 1. The number of nitrogens with zero attached hydrogens (tertiary/aromatic N) is 2. The van der Waals surface area contributed by atoms with Crippen LogP contribution in [-0.4, -0.2) is 42.7 Å². The molecular formula is C20H28N6O2S. The Morgan fingerprint density at radius 3 is 2.48 bits per heavy atom. The summed E-state index contributed by atoms with van der Waals surface area (Å²) in [5.41, 5.74) is 6.63. The number of piperidine rings is 1. The molecule has 0 amide bonds. The number of fused-ring (bicyclic) bond motifs is 2. The van der Waals surface area contributed by atoms with Gasteiger partial charge in [0.05, 0.1) is 0 Å². The maximum atomic E-state index is 12.6. The van der Waals surface area contributed by atoms with E-state index in [1.807, 2.05) is 0 Å². The van der Waals surface area contributed by atoms with Crippen molar-refractivity contribution in [1.29, 1.82) is 0 Å². The highest BCUT2D eigenvalue weighted by Crippen LogP contribution is 2.39. The van der Waals surface area contributed by atoms with E-state index < -0.39 is 10.0 Å². The fraction of sp³-hybridized carbons (Fsp3) is 0.600. The summed E-state index contributed by atoms with van der Waals surface area (Å²) in [6, 6.07) is 2.54. The SMILES string of the molecule is O=S(=O)(NCC1CCCCN1)c1nc(Nc2c3c(cc4c2CCC4)CCC3)n[nH]1. The lowest BCUT2D eigenvalue weighted by Crippen LogP contribution is -2.43. The van der Waals surface area contributed by atoms with Gasteiger partial charge in [-0.25, -0.2) is 18.2 Å². The van der Waals surface area contributed by atoms with Crippen LogP contribution in [-0.2, 0) is 35.7 Å². The van der Waals surface area contributed by atoms with Crippen LogP contribution in [0.2, 0.25) is 0 Å². The molecule has 2 aromatic rings. The monoisotopic (exact) mass is 416 g/mol. The molecule has 1 aromatic carbocycles. The summed E-state index contributed by atoms with van der Waals surface area (Å²) in [6.07, 6.45) is 9.92. The van der Waals surface area contributed by atoms with Crippen molar-refractivity contribution in [3.63, 3.8) is 0 Å². The molecule has 0 radical (unpaired) electrons. The molecular weight excluding hydrogens is 388 g/mol. The third kappa shape index (κ3) is 3.78. The third-order valence-corrected chi connectivity index (χ3v) is 7.60. The lowest BCUT2D eigenvalue weighted by atomic mass is 9.99. The second kappa shape index (κ2) is 7.70. The number of aromatic nitrogens is 3. The molecule has 3 aliphatic rings. The first-order valence-electron chi connectivity index (χ1n) is 10.7. The number of nitrogens with one attached hydrogen (secondary N) is 4. The maximum absolute atomic E-state index is 12.6. The molecule has 2 aliphatic carbocycles. The summed E-state index contributed by atoms with van der Waals surface area (Å²) < 4.78 is 27.9. The van der Waals surface area contributed by atoms with Crippen LogP contribution in [0.3, 0.4) is 0 Å². The van der Waals surface area contributed by atoms with E-state index in [1.165, 1.54) is 35.1 Å². The highest BCUT2D eigenvalue weighted by atomic mass is 32.2. The van der Waals surface area contributed by atoms with E-state index >= 15 is 0 Å². The van der Waals surface area contributed by atoms with Gasteiger partial charge in [0.2, 0.25) is 5.95 Å². The number of anilines is 2. The molecule has 4 N–H and O–H groups in total. The van der Waals surface area contributed by atoms with Crippen molar-refractivity contribution < 1.29 is 8.42 Å². The molecule has 156 valence electrons. The molecule has 9 heteroatoms. The fourth-order valence-electron chi connectivity index (χ4n) is 4.88. The van der Waals surface area contributed by atoms with Gasteiger partial charge >= 0.3 is 0 Å². The van der Waals surface area contributed by atoms with Crippen molar-refractivity contribution in [3.05, 3.63) is 28.3 Å². The smallest absolute Gasteiger partial charge is 0.275 e. The van der Waals surface area contributed by atoms with Gasteiger partial charge in [0.25, 0.3) is 15.2 Å². The zero-order chi connectivity index (χ0) is 19.8. The van der Waals surface area contributed by atoms with E-state index in [-0.39, 0.29) is 11.2 Å². The first-order valence-corrected chi connectivity index (χ1v) is 12.2. The van der Waals surface area contributed by atoms with Gasteiger partial charge in [-0.15, -0.1) is 5.10 Å². The third-order valence-electron chi connectivity index (χ3n) is 6.36. The van der Waals surface area contributed by atoms with Crippen molar-refractivity contribution in [2.75, 3.05) is 18.4 Å². The number of rotatable bonds is 6. The van der Waals surface area contributed by atoms with E-state index in [9.17, 15) is 8.42 Å². The summed E-state index contributed by atoms with van der Waals surface area (Å²) in [6.45, 7) is 1.31. The van der Waals surface area contributed by atoms with Crippen molar-refractivity contribution >= 4 is 21.7 Å². The average molecular weight is 417 g/mol. The van der Waals surface area contributed by atoms with E-state index in [0.29, 0.717) is 12.5 Å². The summed E-state index contributed by atoms with van der Waals surface area (Å²) in [5, 5.41) is 13.3. The van der Waals surface area contributed by atoms with Crippen molar-refractivity contribution in [3.8, 4) is 0 Å². The Labute approximate surface area is 171 Å². The minimum absolute atomic E-state index is 0.139. The molecule has 1 saturated heterocycles. The summed E-state index contributed by atoms with van der Waals surface area (Å²) in [5.74, 6) is 0.315. The largest absolute Gasteiger partial charge is 0.322 e. The highest BCUT2D eigenvalue weighted by molar-refractivity contribution is 7.89. The first-order chi connectivity index (χ1) is 14.1. The molecule has 1 fully saturated rings. The number of hydrogen-bond donors (Lipinski definition) is 4. The average Bonchev–Trinajstić information content (AvgIpc) is 3.47. The Morgan fingerprint density at radius 1 is 1.03 bits per heavy atom. The Kier molecular flexibility index (Phi) is 5.05. The number of hydrogen-bond acceptors (Lipinski definition) is 6. The van der Waals surface area contributed by atoms with Crippen LogP contribution in [0.25, 0.3) is 0 Å². The summed E-state index contributed by atoms with van der Waals surface area (Å²) in [7, 11) is -3.71. The minimum Gasteiger partial charge on any atom is -0.322 e. The quantitative estimate of drug-likeness (QED) is 0.573. The van der Waals surface area contributed by atoms with E-state index in [2.05, 4.69) is 36.6 Å². The Morgan fingerprint density at radius 2 is 1.79 bits per heavy atom. The lowest BCUT2D eigenvalue weighted by Gasteiger charge is -2.23. The molecule has 2 heterocycles. The molecule has 1 aliphatic heterocycles. The van der Waals surface area contributed by atoms with Gasteiger partial charge < -0.3 is 10.6 Å². The predicted octanol–water partition coefficient (Wildman–Crippen LogP) is 1.95. The Bertz CT molecular complexity index is 978.